The Labute approximate surface area is 107 Å². The highest BCUT2D eigenvalue weighted by atomic mass is 32.1. The first-order valence-electron chi connectivity index (χ1n) is 5.73. The summed E-state index contributed by atoms with van der Waals surface area (Å²) in [6, 6.07) is 4.17. The molecule has 3 nitrogen and oxygen atoms in total. The van der Waals surface area contributed by atoms with Gasteiger partial charge in [0.15, 0.2) is 0 Å². The molecule has 0 saturated heterocycles. The summed E-state index contributed by atoms with van der Waals surface area (Å²) in [6.07, 6.45) is -0.281. The van der Waals surface area contributed by atoms with E-state index < -0.39 is 5.60 Å². The number of nitrogens with zero attached hydrogens (tertiary/aromatic N) is 1. The number of amides is 1. The second-order valence-electron chi connectivity index (χ2n) is 5.22. The molecule has 0 saturated carbocycles. The molecule has 0 N–H and O–H groups in total. The molecule has 1 amide bonds. The molecule has 0 spiro atoms. The average molecular weight is 255 g/mol. The molecule has 0 radical (unpaired) electrons. The highest BCUT2D eigenvalue weighted by Gasteiger charge is 2.24. The Morgan fingerprint density at radius 1 is 1.41 bits per heavy atom. The highest BCUT2D eigenvalue weighted by Crippen LogP contribution is 2.27. The Morgan fingerprint density at radius 3 is 2.41 bits per heavy atom. The van der Waals surface area contributed by atoms with Crippen LogP contribution in [0.25, 0.3) is 0 Å². The van der Waals surface area contributed by atoms with Crippen molar-refractivity contribution in [1.29, 1.82) is 0 Å². The predicted molar refractivity (Wildman–Crippen MR) is 71.5 cm³/mol. The minimum Gasteiger partial charge on any atom is -0.444 e. The molecule has 1 rings (SSSR count). The number of carbonyl (C=O) groups is 1. The van der Waals surface area contributed by atoms with Crippen LogP contribution in [0.3, 0.4) is 0 Å². The van der Waals surface area contributed by atoms with Crippen LogP contribution in [0, 0.1) is 6.92 Å². The summed E-state index contributed by atoms with van der Waals surface area (Å²) in [7, 11) is 1.77. The number of rotatable bonds is 2. The third-order valence-electron chi connectivity index (χ3n) is 2.44. The number of ether oxygens (including phenoxy) is 1. The third-order valence-corrected chi connectivity index (χ3v) is 3.61. The lowest BCUT2D eigenvalue weighted by Gasteiger charge is -2.28. The van der Waals surface area contributed by atoms with Crippen LogP contribution in [0.15, 0.2) is 12.1 Å². The number of hydrogen-bond acceptors (Lipinski definition) is 3. The van der Waals surface area contributed by atoms with Crippen molar-refractivity contribution in [3.05, 3.63) is 21.9 Å². The van der Waals surface area contributed by atoms with Crippen molar-refractivity contribution >= 4 is 17.4 Å². The van der Waals surface area contributed by atoms with Gasteiger partial charge >= 0.3 is 6.09 Å². The zero-order valence-corrected chi connectivity index (χ0v) is 12.2. The van der Waals surface area contributed by atoms with Gasteiger partial charge in [0.05, 0.1) is 6.04 Å². The van der Waals surface area contributed by atoms with E-state index in [4.69, 9.17) is 4.74 Å². The summed E-state index contributed by atoms with van der Waals surface area (Å²) in [4.78, 5) is 16.0. The van der Waals surface area contributed by atoms with Gasteiger partial charge in [-0.15, -0.1) is 11.3 Å². The summed E-state index contributed by atoms with van der Waals surface area (Å²) in [6.45, 7) is 9.69. The summed E-state index contributed by atoms with van der Waals surface area (Å²) >= 11 is 1.71. The Kier molecular flexibility index (Phi) is 4.20. The van der Waals surface area contributed by atoms with Gasteiger partial charge in [-0.2, -0.15) is 0 Å². The van der Waals surface area contributed by atoms with Crippen LogP contribution in [-0.2, 0) is 4.74 Å². The summed E-state index contributed by atoms with van der Waals surface area (Å²) in [5, 5.41) is 0. The first kappa shape index (κ1) is 14.0. The zero-order valence-electron chi connectivity index (χ0n) is 11.4. The molecule has 4 heteroatoms. The van der Waals surface area contributed by atoms with Gasteiger partial charge in [-0.05, 0) is 46.8 Å². The lowest BCUT2D eigenvalue weighted by Crippen LogP contribution is -2.35. The second-order valence-corrected chi connectivity index (χ2v) is 6.54. The lowest BCUT2D eigenvalue weighted by molar-refractivity contribution is 0.0236. The molecule has 0 aliphatic rings. The van der Waals surface area contributed by atoms with Crippen molar-refractivity contribution in [2.75, 3.05) is 7.05 Å². The molecule has 1 aromatic rings. The fourth-order valence-electron chi connectivity index (χ4n) is 1.36. The first-order valence-corrected chi connectivity index (χ1v) is 6.54. The quantitative estimate of drug-likeness (QED) is 0.800. The molecule has 17 heavy (non-hydrogen) atoms. The van der Waals surface area contributed by atoms with E-state index in [-0.39, 0.29) is 12.1 Å². The van der Waals surface area contributed by atoms with Gasteiger partial charge in [-0.25, -0.2) is 4.79 Å². The third kappa shape index (κ3) is 4.04. The van der Waals surface area contributed by atoms with Crippen LogP contribution in [0.5, 0.6) is 0 Å². The van der Waals surface area contributed by atoms with Crippen molar-refractivity contribution in [2.24, 2.45) is 0 Å². The summed E-state index contributed by atoms with van der Waals surface area (Å²) in [5.74, 6) is 0. The van der Waals surface area contributed by atoms with Gasteiger partial charge in [0.2, 0.25) is 0 Å². The molecule has 1 atom stereocenters. The number of hydrogen-bond donors (Lipinski definition) is 0. The van der Waals surface area contributed by atoms with E-state index in [2.05, 4.69) is 19.1 Å². The molecule has 0 aliphatic heterocycles. The number of thiophene rings is 1. The molecule has 1 heterocycles. The van der Waals surface area contributed by atoms with E-state index in [9.17, 15) is 4.79 Å². The molecular formula is C13H21NO2S. The predicted octanol–water partition coefficient (Wildman–Crippen LogP) is 3.98. The zero-order chi connectivity index (χ0) is 13.2. The van der Waals surface area contributed by atoms with Gasteiger partial charge < -0.3 is 9.64 Å². The van der Waals surface area contributed by atoms with E-state index in [1.165, 1.54) is 9.75 Å². The van der Waals surface area contributed by atoms with Crippen molar-refractivity contribution in [3.8, 4) is 0 Å². The van der Waals surface area contributed by atoms with E-state index in [0.717, 1.165) is 0 Å². The monoisotopic (exact) mass is 255 g/mol. The second kappa shape index (κ2) is 5.08. The van der Waals surface area contributed by atoms with Crippen molar-refractivity contribution in [1.82, 2.24) is 4.90 Å². The maximum absolute atomic E-state index is 11.9. The molecule has 96 valence electrons. The Hall–Kier alpha value is -1.03. The summed E-state index contributed by atoms with van der Waals surface area (Å²) in [5.41, 5.74) is -0.448. The lowest BCUT2D eigenvalue weighted by atomic mass is 10.2. The van der Waals surface area contributed by atoms with Crippen molar-refractivity contribution in [3.63, 3.8) is 0 Å². The molecule has 1 aromatic heterocycles. The van der Waals surface area contributed by atoms with Crippen LogP contribution in [0.4, 0.5) is 4.79 Å². The van der Waals surface area contributed by atoms with Gasteiger partial charge in [0.25, 0.3) is 0 Å². The van der Waals surface area contributed by atoms with Gasteiger partial charge in [0.1, 0.15) is 5.60 Å². The standard InChI is InChI=1S/C13H21NO2S/c1-9-7-8-11(17-9)10(2)14(6)12(15)16-13(3,4)5/h7-8,10H,1-6H3. The van der Waals surface area contributed by atoms with Gasteiger partial charge in [0, 0.05) is 16.8 Å². The molecule has 0 aliphatic carbocycles. The fraction of sp³-hybridized carbons (Fsp3) is 0.615. The molecule has 1 unspecified atom stereocenters. The molecular weight excluding hydrogens is 234 g/mol. The van der Waals surface area contributed by atoms with Crippen LogP contribution >= 0.6 is 11.3 Å². The summed E-state index contributed by atoms with van der Waals surface area (Å²) < 4.78 is 5.34. The van der Waals surface area contributed by atoms with E-state index in [0.29, 0.717) is 0 Å². The first-order chi connectivity index (χ1) is 7.70. The van der Waals surface area contributed by atoms with Crippen LogP contribution in [0.2, 0.25) is 0 Å². The Bertz CT molecular complexity index is 392. The minimum absolute atomic E-state index is 0.0450. The average Bonchev–Trinajstić information content (AvgIpc) is 2.60. The highest BCUT2D eigenvalue weighted by molar-refractivity contribution is 7.12. The van der Waals surface area contributed by atoms with E-state index in [1.54, 1.807) is 23.3 Å². The maximum Gasteiger partial charge on any atom is 0.410 e. The van der Waals surface area contributed by atoms with Crippen LogP contribution < -0.4 is 0 Å². The molecule has 0 bridgehead atoms. The maximum atomic E-state index is 11.9. The topological polar surface area (TPSA) is 29.5 Å². The van der Waals surface area contributed by atoms with Crippen LogP contribution in [-0.4, -0.2) is 23.6 Å². The molecule has 0 aromatic carbocycles. The van der Waals surface area contributed by atoms with Gasteiger partial charge in [-0.3, -0.25) is 0 Å². The normalized spacial score (nSPS) is 13.3. The van der Waals surface area contributed by atoms with Crippen molar-refractivity contribution in [2.45, 2.75) is 46.3 Å². The van der Waals surface area contributed by atoms with Crippen LogP contribution in [0.1, 0.15) is 43.5 Å². The minimum atomic E-state index is -0.448. The van der Waals surface area contributed by atoms with E-state index in [1.807, 2.05) is 27.7 Å². The smallest absolute Gasteiger partial charge is 0.410 e. The Balaban J connectivity index is 2.70. The number of carbonyl (C=O) groups excluding carboxylic acids is 1. The van der Waals surface area contributed by atoms with Crippen molar-refractivity contribution < 1.29 is 9.53 Å². The molecule has 0 fully saturated rings. The number of aryl methyl sites for hydroxylation is 1. The Morgan fingerprint density at radius 2 is 2.00 bits per heavy atom. The fourth-order valence-corrected chi connectivity index (χ4v) is 2.33. The SMILES string of the molecule is Cc1ccc(C(C)N(C)C(=O)OC(C)(C)C)s1. The largest absolute Gasteiger partial charge is 0.444 e. The van der Waals surface area contributed by atoms with E-state index >= 15 is 0 Å². The van der Waals surface area contributed by atoms with Gasteiger partial charge in [-0.1, -0.05) is 0 Å².